The summed E-state index contributed by atoms with van der Waals surface area (Å²) in [5.74, 6) is -0.589. The molecule has 0 saturated carbocycles. The second-order valence-electron chi connectivity index (χ2n) is 7.46. The summed E-state index contributed by atoms with van der Waals surface area (Å²) in [4.78, 5) is 14.7. The maximum Gasteiger partial charge on any atom is 0.319 e. The zero-order valence-electron chi connectivity index (χ0n) is 15.0. The lowest BCUT2D eigenvalue weighted by molar-refractivity contribution is 0.112. The number of halogens is 2. The molecule has 2 N–H and O–H groups in total. The molecule has 4 nitrogen and oxygen atoms in total. The van der Waals surface area contributed by atoms with Crippen molar-refractivity contribution in [1.29, 1.82) is 0 Å². The van der Waals surface area contributed by atoms with Crippen LogP contribution < -0.4 is 10.6 Å². The van der Waals surface area contributed by atoms with Crippen LogP contribution in [0.25, 0.3) is 0 Å². The van der Waals surface area contributed by atoms with Crippen molar-refractivity contribution >= 4 is 11.7 Å². The highest BCUT2D eigenvalue weighted by Crippen LogP contribution is 2.36. The number of piperidine rings is 1. The minimum absolute atomic E-state index is 0.112. The van der Waals surface area contributed by atoms with E-state index in [0.29, 0.717) is 17.8 Å². The van der Waals surface area contributed by atoms with E-state index in [1.54, 1.807) is 12.1 Å². The Morgan fingerprint density at radius 2 is 1.70 bits per heavy atom. The van der Waals surface area contributed by atoms with Crippen LogP contribution in [-0.4, -0.2) is 29.1 Å². The summed E-state index contributed by atoms with van der Waals surface area (Å²) in [6.07, 6.45) is 4.04. The molecule has 2 atom stereocenters. The average Bonchev–Trinajstić information content (AvgIpc) is 2.86. The Morgan fingerprint density at radius 3 is 2.37 bits per heavy atom. The first kappa shape index (κ1) is 17.9. The molecule has 0 aromatic heterocycles. The van der Waals surface area contributed by atoms with Gasteiger partial charge in [-0.15, -0.1) is 0 Å². The number of benzene rings is 2. The molecule has 142 valence electrons. The normalized spacial score (nSPS) is 24.6. The molecule has 0 radical (unpaired) electrons. The van der Waals surface area contributed by atoms with E-state index in [-0.39, 0.29) is 23.7 Å². The van der Waals surface area contributed by atoms with Crippen LogP contribution >= 0.6 is 0 Å². The molecule has 0 spiro atoms. The van der Waals surface area contributed by atoms with Gasteiger partial charge in [0.15, 0.2) is 0 Å². The van der Waals surface area contributed by atoms with Gasteiger partial charge in [-0.3, -0.25) is 4.90 Å². The summed E-state index contributed by atoms with van der Waals surface area (Å²) in [7, 11) is 0. The Kier molecular flexibility index (Phi) is 5.07. The van der Waals surface area contributed by atoms with Crippen molar-refractivity contribution in [2.24, 2.45) is 0 Å². The number of amides is 2. The molecule has 2 heterocycles. The fraction of sp³-hybridized carbons (Fsp3) is 0.381. The molecule has 2 unspecified atom stereocenters. The number of fused-ring (bicyclic) bond motifs is 2. The number of anilines is 1. The predicted molar refractivity (Wildman–Crippen MR) is 100 cm³/mol. The Morgan fingerprint density at radius 1 is 1.00 bits per heavy atom. The number of nitrogens with one attached hydrogen (secondary N) is 2. The van der Waals surface area contributed by atoms with E-state index in [1.807, 2.05) is 12.1 Å². The van der Waals surface area contributed by atoms with Crippen molar-refractivity contribution in [3.8, 4) is 0 Å². The van der Waals surface area contributed by atoms with Gasteiger partial charge in [-0.05, 0) is 61.6 Å². The van der Waals surface area contributed by atoms with Crippen LogP contribution in [0.15, 0.2) is 48.5 Å². The van der Waals surface area contributed by atoms with E-state index in [1.165, 1.54) is 24.3 Å². The maximum absolute atomic E-state index is 13.2. The van der Waals surface area contributed by atoms with E-state index < -0.39 is 0 Å². The summed E-state index contributed by atoms with van der Waals surface area (Å²) in [6.45, 7) is 0.817. The van der Waals surface area contributed by atoms with E-state index in [4.69, 9.17) is 0 Å². The number of urea groups is 1. The first-order chi connectivity index (χ1) is 13.1. The van der Waals surface area contributed by atoms with Gasteiger partial charge in [0.05, 0.1) is 0 Å². The molecule has 2 saturated heterocycles. The van der Waals surface area contributed by atoms with Crippen LogP contribution in [0, 0.1) is 11.6 Å². The summed E-state index contributed by atoms with van der Waals surface area (Å²) in [6, 6.07) is 13.2. The third kappa shape index (κ3) is 4.27. The van der Waals surface area contributed by atoms with Gasteiger partial charge in [0.25, 0.3) is 0 Å². The Balaban J connectivity index is 1.33. The molecule has 0 aliphatic carbocycles. The highest BCUT2D eigenvalue weighted by Gasteiger charge is 2.40. The van der Waals surface area contributed by atoms with Gasteiger partial charge in [-0.2, -0.15) is 0 Å². The van der Waals surface area contributed by atoms with Gasteiger partial charge in [0, 0.05) is 30.4 Å². The lowest BCUT2D eigenvalue weighted by Gasteiger charge is -2.39. The zero-order valence-corrected chi connectivity index (χ0v) is 15.0. The SMILES string of the molecule is O=C(Nc1cccc(F)c1)NC1CC2CCC(C1)N2Cc1ccc(F)cc1. The van der Waals surface area contributed by atoms with Gasteiger partial charge in [-0.25, -0.2) is 13.6 Å². The summed E-state index contributed by atoms with van der Waals surface area (Å²) in [5.41, 5.74) is 1.56. The minimum Gasteiger partial charge on any atom is -0.335 e. The highest BCUT2D eigenvalue weighted by molar-refractivity contribution is 5.89. The zero-order chi connectivity index (χ0) is 18.8. The standard InChI is InChI=1S/C21H23F2N3O/c22-15-6-4-14(5-7-15)13-26-19-8-9-20(26)12-18(11-19)25-21(27)24-17-3-1-2-16(23)10-17/h1-7,10,18-20H,8-9,11-13H2,(H2,24,25,27). The average molecular weight is 371 g/mol. The second-order valence-corrected chi connectivity index (χ2v) is 7.46. The summed E-state index contributed by atoms with van der Waals surface area (Å²) < 4.78 is 26.3. The fourth-order valence-electron chi connectivity index (χ4n) is 4.37. The quantitative estimate of drug-likeness (QED) is 0.842. The third-order valence-corrected chi connectivity index (χ3v) is 5.58. The predicted octanol–water partition coefficient (Wildman–Crippen LogP) is 4.28. The van der Waals surface area contributed by atoms with Crippen molar-refractivity contribution in [1.82, 2.24) is 10.2 Å². The molecule has 6 heteroatoms. The van der Waals surface area contributed by atoms with E-state index in [9.17, 15) is 13.6 Å². The van der Waals surface area contributed by atoms with E-state index in [2.05, 4.69) is 15.5 Å². The van der Waals surface area contributed by atoms with Crippen molar-refractivity contribution in [2.45, 2.75) is 50.4 Å². The van der Waals surface area contributed by atoms with Crippen LogP contribution in [-0.2, 0) is 6.54 Å². The molecule has 2 aliphatic rings. The molecule has 4 rings (SSSR count). The Bertz CT molecular complexity index is 797. The van der Waals surface area contributed by atoms with E-state index in [0.717, 1.165) is 37.8 Å². The number of hydrogen-bond donors (Lipinski definition) is 2. The van der Waals surface area contributed by atoms with Crippen LogP contribution in [0.2, 0.25) is 0 Å². The van der Waals surface area contributed by atoms with Crippen LogP contribution in [0.4, 0.5) is 19.3 Å². The second kappa shape index (κ2) is 7.64. The van der Waals surface area contributed by atoms with Crippen molar-refractivity contribution < 1.29 is 13.6 Å². The van der Waals surface area contributed by atoms with Crippen molar-refractivity contribution in [3.05, 3.63) is 65.7 Å². The van der Waals surface area contributed by atoms with Gasteiger partial charge in [-0.1, -0.05) is 18.2 Å². The van der Waals surface area contributed by atoms with Gasteiger partial charge < -0.3 is 10.6 Å². The molecular formula is C21H23F2N3O. The number of rotatable bonds is 4. The lowest BCUT2D eigenvalue weighted by Crippen LogP contribution is -2.50. The van der Waals surface area contributed by atoms with Gasteiger partial charge in [0.1, 0.15) is 11.6 Å². The first-order valence-corrected chi connectivity index (χ1v) is 9.40. The van der Waals surface area contributed by atoms with Crippen LogP contribution in [0.1, 0.15) is 31.2 Å². The smallest absolute Gasteiger partial charge is 0.319 e. The lowest BCUT2D eigenvalue weighted by atomic mass is 9.96. The van der Waals surface area contributed by atoms with Crippen LogP contribution in [0.5, 0.6) is 0 Å². The van der Waals surface area contributed by atoms with Crippen molar-refractivity contribution in [2.75, 3.05) is 5.32 Å². The number of nitrogens with zero attached hydrogens (tertiary/aromatic N) is 1. The maximum atomic E-state index is 13.2. The number of carbonyl (C=O) groups excluding carboxylic acids is 1. The fourth-order valence-corrected chi connectivity index (χ4v) is 4.37. The monoisotopic (exact) mass is 371 g/mol. The minimum atomic E-state index is -0.375. The van der Waals surface area contributed by atoms with Gasteiger partial charge in [0.2, 0.25) is 0 Å². The largest absolute Gasteiger partial charge is 0.335 e. The highest BCUT2D eigenvalue weighted by atomic mass is 19.1. The van der Waals surface area contributed by atoms with Gasteiger partial charge >= 0.3 is 6.03 Å². The molecule has 27 heavy (non-hydrogen) atoms. The molecule has 2 aliphatic heterocycles. The third-order valence-electron chi connectivity index (χ3n) is 5.58. The van der Waals surface area contributed by atoms with E-state index >= 15 is 0 Å². The molecule has 2 amide bonds. The Hall–Kier alpha value is -2.47. The van der Waals surface area contributed by atoms with Crippen molar-refractivity contribution in [3.63, 3.8) is 0 Å². The molecule has 2 aromatic rings. The molecule has 2 aromatic carbocycles. The number of hydrogen-bond acceptors (Lipinski definition) is 2. The molecule has 2 bridgehead atoms. The summed E-state index contributed by atoms with van der Waals surface area (Å²) >= 11 is 0. The first-order valence-electron chi connectivity index (χ1n) is 9.40. The summed E-state index contributed by atoms with van der Waals surface area (Å²) in [5, 5.41) is 5.73. The Labute approximate surface area is 157 Å². The van der Waals surface area contributed by atoms with Crippen LogP contribution in [0.3, 0.4) is 0 Å². The molecular weight excluding hydrogens is 348 g/mol. The topological polar surface area (TPSA) is 44.4 Å². The molecule has 2 fully saturated rings. The number of carbonyl (C=O) groups is 1.